The van der Waals surface area contributed by atoms with E-state index in [-0.39, 0.29) is 0 Å². The Balaban J connectivity index is 1.37. The fourth-order valence-electron chi connectivity index (χ4n) is 4.46. The summed E-state index contributed by atoms with van der Waals surface area (Å²) in [6.45, 7) is 2.17. The largest absolute Gasteiger partial charge is 0.490 e. The maximum Gasteiger partial charge on any atom is 0.225 e. The van der Waals surface area contributed by atoms with E-state index in [9.17, 15) is 0 Å². The smallest absolute Gasteiger partial charge is 0.225 e. The van der Waals surface area contributed by atoms with Gasteiger partial charge in [-0.15, -0.1) is 0 Å². The van der Waals surface area contributed by atoms with Crippen LogP contribution in [0.4, 0.5) is 17.5 Å². The lowest BCUT2D eigenvalue weighted by atomic mass is 10.1. The molecule has 2 aromatic heterocycles. The van der Waals surface area contributed by atoms with Crippen molar-refractivity contribution in [2.45, 2.75) is 50.7 Å². The molecule has 2 N–H and O–H groups in total. The van der Waals surface area contributed by atoms with Crippen molar-refractivity contribution in [2.24, 2.45) is 0 Å². The SMILES string of the molecule is CN1CCC(Nc2nc(Nc3ccc(OC4CCCC4)cc3)c3cncc(Br)c3n2)CC1. The highest BCUT2D eigenvalue weighted by Gasteiger charge is 2.19. The molecule has 32 heavy (non-hydrogen) atoms. The van der Waals surface area contributed by atoms with E-state index in [4.69, 9.17) is 14.7 Å². The third kappa shape index (κ3) is 4.96. The summed E-state index contributed by atoms with van der Waals surface area (Å²) < 4.78 is 6.95. The van der Waals surface area contributed by atoms with Crippen LogP contribution in [-0.2, 0) is 0 Å². The number of fused-ring (bicyclic) bond motifs is 1. The van der Waals surface area contributed by atoms with Gasteiger partial charge in [-0.2, -0.15) is 4.98 Å². The quantitative estimate of drug-likeness (QED) is 0.475. The van der Waals surface area contributed by atoms with Gasteiger partial charge in [0.2, 0.25) is 5.95 Å². The summed E-state index contributed by atoms with van der Waals surface area (Å²) in [5.74, 6) is 2.30. The van der Waals surface area contributed by atoms with Crippen LogP contribution in [0.25, 0.3) is 10.9 Å². The van der Waals surface area contributed by atoms with E-state index < -0.39 is 0 Å². The van der Waals surface area contributed by atoms with Crippen molar-refractivity contribution in [3.05, 3.63) is 41.1 Å². The molecule has 7 nitrogen and oxygen atoms in total. The van der Waals surface area contributed by atoms with Crippen molar-refractivity contribution in [3.63, 3.8) is 0 Å². The Kier molecular flexibility index (Phi) is 6.41. The number of nitrogens with one attached hydrogen (secondary N) is 2. The standard InChI is InChI=1S/C24H29BrN6O/c1-31-12-10-17(11-13-31)28-24-29-22-20(14-26-15-21(22)25)23(30-24)27-16-6-8-19(9-7-16)32-18-4-2-3-5-18/h6-9,14-15,17-18H,2-5,10-13H2,1H3,(H2,27,28,29,30). The highest BCUT2D eigenvalue weighted by Crippen LogP contribution is 2.31. The predicted octanol–water partition coefficient (Wildman–Crippen LogP) is 5.36. The Morgan fingerprint density at radius 1 is 1.00 bits per heavy atom. The van der Waals surface area contributed by atoms with E-state index in [1.807, 2.05) is 24.3 Å². The minimum Gasteiger partial charge on any atom is -0.490 e. The monoisotopic (exact) mass is 496 g/mol. The third-order valence-electron chi connectivity index (χ3n) is 6.34. The van der Waals surface area contributed by atoms with Gasteiger partial charge in [-0.25, -0.2) is 4.98 Å². The second-order valence-electron chi connectivity index (χ2n) is 8.81. The highest BCUT2D eigenvalue weighted by atomic mass is 79.9. The number of anilines is 3. The summed E-state index contributed by atoms with van der Waals surface area (Å²) in [5, 5.41) is 7.88. The number of nitrogens with zero attached hydrogens (tertiary/aromatic N) is 4. The minimum absolute atomic E-state index is 0.358. The summed E-state index contributed by atoms with van der Waals surface area (Å²) in [4.78, 5) is 16.3. The van der Waals surface area contributed by atoms with Gasteiger partial charge in [-0.05, 0) is 98.9 Å². The molecule has 0 atom stereocenters. The molecule has 0 unspecified atom stereocenters. The average molecular weight is 497 g/mol. The summed E-state index contributed by atoms with van der Waals surface area (Å²) in [6.07, 6.45) is 10.9. The van der Waals surface area contributed by atoms with Crippen LogP contribution in [0, 0.1) is 0 Å². The maximum absolute atomic E-state index is 6.09. The molecule has 1 saturated heterocycles. The average Bonchev–Trinajstić information content (AvgIpc) is 3.31. The van der Waals surface area contributed by atoms with E-state index in [1.54, 1.807) is 12.4 Å². The molecular weight excluding hydrogens is 468 g/mol. The van der Waals surface area contributed by atoms with Gasteiger partial charge < -0.3 is 20.3 Å². The molecule has 8 heteroatoms. The molecule has 2 aliphatic rings. The Morgan fingerprint density at radius 3 is 2.50 bits per heavy atom. The molecule has 1 aliphatic heterocycles. The first-order chi connectivity index (χ1) is 15.6. The zero-order valence-corrected chi connectivity index (χ0v) is 19.9. The lowest BCUT2D eigenvalue weighted by Crippen LogP contribution is -2.37. The number of likely N-dealkylation sites (tertiary alicyclic amines) is 1. The topological polar surface area (TPSA) is 75.2 Å². The molecular formula is C24H29BrN6O. The van der Waals surface area contributed by atoms with Crippen LogP contribution in [0.3, 0.4) is 0 Å². The number of piperidine rings is 1. The van der Waals surface area contributed by atoms with Crippen molar-refractivity contribution < 1.29 is 4.74 Å². The van der Waals surface area contributed by atoms with Crippen molar-refractivity contribution in [1.29, 1.82) is 0 Å². The lowest BCUT2D eigenvalue weighted by molar-refractivity contribution is 0.210. The van der Waals surface area contributed by atoms with Crippen LogP contribution in [-0.4, -0.2) is 52.1 Å². The van der Waals surface area contributed by atoms with Crippen LogP contribution in [0.1, 0.15) is 38.5 Å². The first kappa shape index (κ1) is 21.4. The molecule has 5 rings (SSSR count). The molecule has 2 fully saturated rings. The van der Waals surface area contributed by atoms with Crippen molar-refractivity contribution in [2.75, 3.05) is 30.8 Å². The van der Waals surface area contributed by atoms with Gasteiger partial charge in [-0.1, -0.05) is 0 Å². The van der Waals surface area contributed by atoms with Crippen LogP contribution in [0.15, 0.2) is 41.1 Å². The number of aromatic nitrogens is 3. The Hall–Kier alpha value is -2.45. The summed E-state index contributed by atoms with van der Waals surface area (Å²) in [6, 6.07) is 8.50. The van der Waals surface area contributed by atoms with Gasteiger partial charge in [0.25, 0.3) is 0 Å². The zero-order chi connectivity index (χ0) is 21.9. The first-order valence-electron chi connectivity index (χ1n) is 11.4. The minimum atomic E-state index is 0.358. The van der Waals surface area contributed by atoms with E-state index in [2.05, 4.69) is 43.5 Å². The molecule has 1 aliphatic carbocycles. The summed E-state index contributed by atoms with van der Waals surface area (Å²) >= 11 is 3.60. The predicted molar refractivity (Wildman–Crippen MR) is 132 cm³/mol. The van der Waals surface area contributed by atoms with Crippen molar-refractivity contribution >= 4 is 44.3 Å². The van der Waals surface area contributed by atoms with E-state index in [0.29, 0.717) is 18.1 Å². The molecule has 0 radical (unpaired) electrons. The van der Waals surface area contributed by atoms with Crippen LogP contribution in [0.2, 0.25) is 0 Å². The van der Waals surface area contributed by atoms with Crippen molar-refractivity contribution in [3.8, 4) is 5.75 Å². The van der Waals surface area contributed by atoms with Gasteiger partial charge in [0.05, 0.1) is 21.5 Å². The number of benzene rings is 1. The number of hydrogen-bond acceptors (Lipinski definition) is 7. The lowest BCUT2D eigenvalue weighted by Gasteiger charge is -2.29. The fraction of sp³-hybridized carbons (Fsp3) is 0.458. The number of rotatable bonds is 6. The normalized spacial score (nSPS) is 18.2. The van der Waals surface area contributed by atoms with Gasteiger partial charge >= 0.3 is 0 Å². The second-order valence-corrected chi connectivity index (χ2v) is 9.66. The number of ether oxygens (including phenoxy) is 1. The molecule has 3 heterocycles. The Labute approximate surface area is 197 Å². The Bertz CT molecular complexity index is 1060. The van der Waals surface area contributed by atoms with Gasteiger partial charge in [0.1, 0.15) is 11.6 Å². The highest BCUT2D eigenvalue weighted by molar-refractivity contribution is 9.10. The van der Waals surface area contributed by atoms with Crippen LogP contribution >= 0.6 is 15.9 Å². The molecule has 0 bridgehead atoms. The summed E-state index contributed by atoms with van der Waals surface area (Å²) in [5.41, 5.74) is 1.79. The van der Waals surface area contributed by atoms with Gasteiger partial charge in [-0.3, -0.25) is 4.98 Å². The first-order valence-corrected chi connectivity index (χ1v) is 12.2. The van der Waals surface area contributed by atoms with Crippen LogP contribution < -0.4 is 15.4 Å². The van der Waals surface area contributed by atoms with Gasteiger partial charge in [0, 0.05) is 24.1 Å². The maximum atomic E-state index is 6.09. The molecule has 168 valence electrons. The van der Waals surface area contributed by atoms with E-state index in [1.165, 1.54) is 12.8 Å². The van der Waals surface area contributed by atoms with E-state index >= 15 is 0 Å². The fourth-order valence-corrected chi connectivity index (χ4v) is 4.88. The molecule has 0 amide bonds. The molecule has 1 saturated carbocycles. The zero-order valence-electron chi connectivity index (χ0n) is 18.4. The van der Waals surface area contributed by atoms with Gasteiger partial charge in [0.15, 0.2) is 0 Å². The van der Waals surface area contributed by atoms with E-state index in [0.717, 1.165) is 71.4 Å². The van der Waals surface area contributed by atoms with Crippen molar-refractivity contribution in [1.82, 2.24) is 19.9 Å². The number of pyridine rings is 1. The number of halogens is 1. The molecule has 3 aromatic rings. The van der Waals surface area contributed by atoms with Crippen LogP contribution in [0.5, 0.6) is 5.75 Å². The third-order valence-corrected chi connectivity index (χ3v) is 6.92. The molecule has 1 aromatic carbocycles. The number of hydrogen-bond donors (Lipinski definition) is 2. The second kappa shape index (κ2) is 9.58. The molecule has 0 spiro atoms. The summed E-state index contributed by atoms with van der Waals surface area (Å²) in [7, 11) is 2.17. The Morgan fingerprint density at radius 2 is 1.75 bits per heavy atom.